The SMILES string of the molecule is CC(=O)N(c1nc(CSc2nccn2-c2cc(C)cc(C)c2)cs1)c1ccc(C)cc1C. The van der Waals surface area contributed by atoms with Crippen molar-refractivity contribution in [2.24, 2.45) is 0 Å². The molecular formula is C25H26N4OS2. The quantitative estimate of drug-likeness (QED) is 0.305. The lowest BCUT2D eigenvalue weighted by Gasteiger charge is -2.20. The first kappa shape index (κ1) is 22.3. The van der Waals surface area contributed by atoms with Gasteiger partial charge in [-0.15, -0.1) is 11.3 Å². The van der Waals surface area contributed by atoms with Crippen LogP contribution in [0, 0.1) is 27.7 Å². The molecule has 2 aromatic heterocycles. The number of carbonyl (C=O) groups is 1. The number of amides is 1. The van der Waals surface area contributed by atoms with Crippen molar-refractivity contribution in [2.75, 3.05) is 4.90 Å². The van der Waals surface area contributed by atoms with Gasteiger partial charge < -0.3 is 0 Å². The van der Waals surface area contributed by atoms with Gasteiger partial charge in [0.05, 0.1) is 11.4 Å². The zero-order valence-electron chi connectivity index (χ0n) is 18.9. The molecule has 2 heterocycles. The molecule has 32 heavy (non-hydrogen) atoms. The number of aryl methyl sites for hydroxylation is 4. The van der Waals surface area contributed by atoms with Crippen molar-refractivity contribution in [1.82, 2.24) is 14.5 Å². The Morgan fingerprint density at radius 1 is 1.06 bits per heavy atom. The van der Waals surface area contributed by atoms with E-state index in [4.69, 9.17) is 4.98 Å². The van der Waals surface area contributed by atoms with E-state index in [0.717, 1.165) is 27.8 Å². The van der Waals surface area contributed by atoms with Crippen LogP contribution in [-0.2, 0) is 10.5 Å². The van der Waals surface area contributed by atoms with Gasteiger partial charge >= 0.3 is 0 Å². The summed E-state index contributed by atoms with van der Waals surface area (Å²) in [5.41, 5.74) is 7.60. The summed E-state index contributed by atoms with van der Waals surface area (Å²) >= 11 is 3.13. The van der Waals surface area contributed by atoms with Crippen molar-refractivity contribution in [1.29, 1.82) is 0 Å². The van der Waals surface area contributed by atoms with Crippen LogP contribution in [0.2, 0.25) is 0 Å². The van der Waals surface area contributed by atoms with Crippen LogP contribution >= 0.6 is 23.1 Å². The molecule has 0 aliphatic heterocycles. The fourth-order valence-electron chi connectivity index (χ4n) is 3.75. The van der Waals surface area contributed by atoms with Gasteiger partial charge in [0.2, 0.25) is 5.91 Å². The summed E-state index contributed by atoms with van der Waals surface area (Å²) < 4.78 is 2.11. The second kappa shape index (κ2) is 9.30. The maximum atomic E-state index is 12.5. The number of thiazole rings is 1. The Hall–Kier alpha value is -2.90. The molecule has 0 atom stereocenters. The largest absolute Gasteiger partial charge is 0.295 e. The van der Waals surface area contributed by atoms with Crippen LogP contribution in [0.1, 0.15) is 34.9 Å². The molecule has 0 saturated heterocycles. The summed E-state index contributed by atoms with van der Waals surface area (Å²) in [4.78, 5) is 23.5. The number of carbonyl (C=O) groups excluding carboxylic acids is 1. The van der Waals surface area contributed by atoms with Gasteiger partial charge in [0, 0.05) is 36.1 Å². The number of thioether (sulfide) groups is 1. The second-order valence-corrected chi connectivity index (χ2v) is 9.76. The van der Waals surface area contributed by atoms with Crippen LogP contribution in [0.15, 0.2) is 59.3 Å². The standard InChI is InChI=1S/C25H26N4OS2/c1-16-6-7-23(19(4)11-16)29(20(5)30)25-27-21(15-32-25)14-31-24-26-8-9-28(24)22-12-17(2)10-18(3)13-22/h6-13,15H,14H2,1-5H3. The van der Waals surface area contributed by atoms with Gasteiger partial charge in [0.25, 0.3) is 0 Å². The second-order valence-electron chi connectivity index (χ2n) is 7.98. The van der Waals surface area contributed by atoms with E-state index in [-0.39, 0.29) is 5.91 Å². The topological polar surface area (TPSA) is 51.0 Å². The van der Waals surface area contributed by atoms with E-state index in [0.29, 0.717) is 10.9 Å². The summed E-state index contributed by atoms with van der Waals surface area (Å²) in [5.74, 6) is 0.632. The number of nitrogens with zero attached hydrogens (tertiary/aromatic N) is 4. The highest BCUT2D eigenvalue weighted by Crippen LogP contribution is 2.33. The molecule has 0 aliphatic carbocycles. The third kappa shape index (κ3) is 4.79. The molecular weight excluding hydrogens is 436 g/mol. The normalized spacial score (nSPS) is 11.0. The number of anilines is 2. The molecule has 0 unspecified atom stereocenters. The number of aromatic nitrogens is 3. The Morgan fingerprint density at radius 3 is 2.50 bits per heavy atom. The number of rotatable bonds is 6. The average molecular weight is 463 g/mol. The van der Waals surface area contributed by atoms with Crippen molar-refractivity contribution in [3.63, 3.8) is 0 Å². The first-order valence-corrected chi connectivity index (χ1v) is 12.3. The van der Waals surface area contributed by atoms with Crippen LogP contribution < -0.4 is 4.90 Å². The van der Waals surface area contributed by atoms with E-state index >= 15 is 0 Å². The van der Waals surface area contributed by atoms with Gasteiger partial charge in [-0.25, -0.2) is 9.97 Å². The Morgan fingerprint density at radius 2 is 1.81 bits per heavy atom. The summed E-state index contributed by atoms with van der Waals surface area (Å²) in [6, 6.07) is 12.6. The maximum Gasteiger partial charge on any atom is 0.230 e. The summed E-state index contributed by atoms with van der Waals surface area (Å²) in [6.45, 7) is 9.86. The highest BCUT2D eigenvalue weighted by molar-refractivity contribution is 7.98. The maximum absolute atomic E-state index is 12.5. The number of imidazole rings is 1. The predicted octanol–water partition coefficient (Wildman–Crippen LogP) is 6.54. The lowest BCUT2D eigenvalue weighted by Crippen LogP contribution is -2.23. The molecule has 0 spiro atoms. The molecule has 0 N–H and O–H groups in total. The van der Waals surface area contributed by atoms with E-state index in [1.54, 1.807) is 23.6 Å². The molecule has 5 nitrogen and oxygen atoms in total. The molecule has 4 aromatic rings. The molecule has 4 rings (SSSR count). The lowest BCUT2D eigenvalue weighted by molar-refractivity contribution is -0.115. The minimum atomic E-state index is -0.0455. The minimum absolute atomic E-state index is 0.0455. The highest BCUT2D eigenvalue weighted by Gasteiger charge is 2.20. The Kier molecular flexibility index (Phi) is 6.48. The predicted molar refractivity (Wildman–Crippen MR) is 133 cm³/mol. The summed E-state index contributed by atoms with van der Waals surface area (Å²) in [6.07, 6.45) is 3.81. The fourth-order valence-corrected chi connectivity index (χ4v) is 5.60. The monoisotopic (exact) mass is 462 g/mol. The average Bonchev–Trinajstić information content (AvgIpc) is 3.37. The van der Waals surface area contributed by atoms with Crippen molar-refractivity contribution < 1.29 is 4.79 Å². The third-order valence-corrected chi connectivity index (χ3v) is 6.95. The number of hydrogen-bond acceptors (Lipinski definition) is 5. The molecule has 0 saturated carbocycles. The Balaban J connectivity index is 1.54. The van der Waals surface area contributed by atoms with Crippen LogP contribution in [0.4, 0.5) is 10.8 Å². The molecule has 7 heteroatoms. The zero-order chi connectivity index (χ0) is 22.8. The van der Waals surface area contributed by atoms with Crippen molar-refractivity contribution >= 4 is 39.8 Å². The van der Waals surface area contributed by atoms with Gasteiger partial charge in [0.1, 0.15) is 0 Å². The van der Waals surface area contributed by atoms with E-state index in [1.807, 2.05) is 36.8 Å². The molecule has 1 amide bonds. The molecule has 0 aliphatic rings. The van der Waals surface area contributed by atoms with E-state index in [2.05, 4.69) is 54.6 Å². The van der Waals surface area contributed by atoms with Gasteiger partial charge in [-0.1, -0.05) is 35.5 Å². The van der Waals surface area contributed by atoms with Crippen LogP contribution in [0.3, 0.4) is 0 Å². The molecule has 0 radical (unpaired) electrons. The first-order chi connectivity index (χ1) is 15.3. The van der Waals surface area contributed by atoms with E-state index in [1.165, 1.54) is 28.0 Å². The number of benzene rings is 2. The summed E-state index contributed by atoms with van der Waals surface area (Å²) in [7, 11) is 0. The third-order valence-electron chi connectivity index (χ3n) is 5.08. The fraction of sp³-hybridized carbons (Fsp3) is 0.240. The van der Waals surface area contributed by atoms with Crippen molar-refractivity contribution in [3.8, 4) is 5.69 Å². The highest BCUT2D eigenvalue weighted by atomic mass is 32.2. The van der Waals surface area contributed by atoms with E-state index < -0.39 is 0 Å². The number of hydrogen-bond donors (Lipinski definition) is 0. The van der Waals surface area contributed by atoms with Gasteiger partial charge in [-0.05, 0) is 62.6 Å². The van der Waals surface area contributed by atoms with Crippen molar-refractivity contribution in [2.45, 2.75) is 45.5 Å². The van der Waals surface area contributed by atoms with Gasteiger partial charge in [-0.3, -0.25) is 14.3 Å². The van der Waals surface area contributed by atoms with Crippen LogP contribution in [-0.4, -0.2) is 20.4 Å². The van der Waals surface area contributed by atoms with Gasteiger partial charge in [-0.2, -0.15) is 0 Å². The summed E-state index contributed by atoms with van der Waals surface area (Å²) in [5, 5.41) is 3.63. The molecule has 0 fully saturated rings. The zero-order valence-corrected chi connectivity index (χ0v) is 20.5. The van der Waals surface area contributed by atoms with Crippen LogP contribution in [0.5, 0.6) is 0 Å². The first-order valence-electron chi connectivity index (χ1n) is 10.4. The van der Waals surface area contributed by atoms with Crippen LogP contribution in [0.25, 0.3) is 5.69 Å². The Labute approximate surface area is 197 Å². The minimum Gasteiger partial charge on any atom is -0.295 e. The molecule has 164 valence electrons. The lowest BCUT2D eigenvalue weighted by atomic mass is 10.1. The Bertz CT molecular complexity index is 1250. The van der Waals surface area contributed by atoms with E-state index in [9.17, 15) is 4.79 Å². The molecule has 0 bridgehead atoms. The van der Waals surface area contributed by atoms with Gasteiger partial charge in [0.15, 0.2) is 10.3 Å². The van der Waals surface area contributed by atoms with Crippen molar-refractivity contribution in [3.05, 3.63) is 82.1 Å². The smallest absolute Gasteiger partial charge is 0.230 e. The molecule has 2 aromatic carbocycles.